The Hall–Kier alpha value is -0.460. The molecule has 0 saturated heterocycles. The van der Waals surface area contributed by atoms with Crippen LogP contribution in [0.2, 0.25) is 0 Å². The maximum Gasteiger partial charge on any atom is 0.0171 e. The molecule has 0 saturated carbocycles. The smallest absolute Gasteiger partial charge is 0.0171 e. The zero-order valence-corrected chi connectivity index (χ0v) is 10.3. The van der Waals surface area contributed by atoms with E-state index >= 15 is 0 Å². The molecule has 0 heterocycles. The van der Waals surface area contributed by atoms with E-state index in [9.17, 15) is 0 Å². The molecule has 0 aliphatic rings. The van der Waals surface area contributed by atoms with Crippen LogP contribution in [0.25, 0.3) is 0 Å². The van der Waals surface area contributed by atoms with Crippen LogP contribution in [0.15, 0.2) is 12.3 Å². The highest BCUT2D eigenvalue weighted by Gasteiger charge is 1.98. The minimum absolute atomic E-state index is 1.08. The number of allylic oxidation sites excluding steroid dienone is 1. The average molecular weight is 197 g/mol. The molecule has 0 atom stereocenters. The average Bonchev–Trinajstić information content (AvgIpc) is 2.21. The fraction of sp³-hybridized carbons (Fsp3) is 0.846. The van der Waals surface area contributed by atoms with Crippen molar-refractivity contribution in [1.29, 1.82) is 0 Å². The summed E-state index contributed by atoms with van der Waals surface area (Å²) >= 11 is 0. The molecule has 14 heavy (non-hydrogen) atoms. The van der Waals surface area contributed by atoms with Crippen molar-refractivity contribution in [2.45, 2.75) is 58.8 Å². The third-order valence-electron chi connectivity index (χ3n) is 2.80. The molecule has 0 radical (unpaired) electrons. The molecule has 0 unspecified atom stereocenters. The topological polar surface area (TPSA) is 3.24 Å². The fourth-order valence-corrected chi connectivity index (χ4v) is 1.56. The van der Waals surface area contributed by atoms with Crippen LogP contribution in [0.5, 0.6) is 0 Å². The highest BCUT2D eigenvalue weighted by atomic mass is 15.1. The molecule has 0 aliphatic heterocycles. The quantitative estimate of drug-likeness (QED) is 0.501. The van der Waals surface area contributed by atoms with E-state index in [1.807, 2.05) is 0 Å². The van der Waals surface area contributed by atoms with Gasteiger partial charge in [0.25, 0.3) is 0 Å². The van der Waals surface area contributed by atoms with Crippen molar-refractivity contribution in [2.24, 2.45) is 0 Å². The minimum Gasteiger partial charge on any atom is -0.378 e. The Morgan fingerprint density at radius 1 is 1.00 bits per heavy atom. The second-order valence-electron chi connectivity index (χ2n) is 4.11. The van der Waals surface area contributed by atoms with Gasteiger partial charge in [-0.3, -0.25) is 0 Å². The van der Waals surface area contributed by atoms with E-state index in [-0.39, 0.29) is 0 Å². The Morgan fingerprint density at radius 3 is 2.14 bits per heavy atom. The lowest BCUT2D eigenvalue weighted by Crippen LogP contribution is -2.17. The van der Waals surface area contributed by atoms with Gasteiger partial charge in [0.2, 0.25) is 0 Å². The maximum atomic E-state index is 4.03. The zero-order valence-electron chi connectivity index (χ0n) is 10.3. The van der Waals surface area contributed by atoms with Crippen LogP contribution >= 0.6 is 0 Å². The first-order valence-electron chi connectivity index (χ1n) is 6.11. The van der Waals surface area contributed by atoms with Gasteiger partial charge in [-0.2, -0.15) is 0 Å². The number of rotatable bonds is 9. The van der Waals surface area contributed by atoms with Gasteiger partial charge >= 0.3 is 0 Å². The lowest BCUT2D eigenvalue weighted by atomic mass is 10.1. The first-order valence-corrected chi connectivity index (χ1v) is 6.11. The van der Waals surface area contributed by atoms with Crippen molar-refractivity contribution < 1.29 is 0 Å². The summed E-state index contributed by atoms with van der Waals surface area (Å²) in [5.74, 6) is 0. The number of hydrogen-bond acceptors (Lipinski definition) is 1. The first kappa shape index (κ1) is 13.5. The summed E-state index contributed by atoms with van der Waals surface area (Å²) in [4.78, 5) is 2.29. The molecule has 0 bridgehead atoms. The standard InChI is InChI=1S/C13H27N/c1-5-7-8-9-10-11-12-14(4)13(3)6-2/h3,5-12H2,1-2,4H3. The molecule has 0 aromatic carbocycles. The van der Waals surface area contributed by atoms with Crippen LogP contribution < -0.4 is 0 Å². The predicted molar refractivity (Wildman–Crippen MR) is 65.4 cm³/mol. The van der Waals surface area contributed by atoms with Crippen molar-refractivity contribution in [3.8, 4) is 0 Å². The lowest BCUT2D eigenvalue weighted by molar-refractivity contribution is 0.389. The number of hydrogen-bond donors (Lipinski definition) is 0. The summed E-state index contributed by atoms with van der Waals surface area (Å²) in [6.07, 6.45) is 9.33. The van der Waals surface area contributed by atoms with Gasteiger partial charge in [0.05, 0.1) is 0 Å². The van der Waals surface area contributed by atoms with E-state index < -0.39 is 0 Å². The summed E-state index contributed by atoms with van der Waals surface area (Å²) in [6.45, 7) is 9.64. The number of unbranched alkanes of at least 4 members (excludes halogenated alkanes) is 5. The molecule has 0 rings (SSSR count). The van der Waals surface area contributed by atoms with Crippen molar-refractivity contribution in [3.63, 3.8) is 0 Å². The molecule has 0 aliphatic carbocycles. The van der Waals surface area contributed by atoms with Gasteiger partial charge in [0, 0.05) is 19.3 Å². The molecule has 0 N–H and O–H groups in total. The lowest BCUT2D eigenvalue weighted by Gasteiger charge is -2.20. The van der Waals surface area contributed by atoms with Crippen LogP contribution in [0.1, 0.15) is 58.8 Å². The monoisotopic (exact) mass is 197 g/mol. The van der Waals surface area contributed by atoms with Crippen molar-refractivity contribution >= 4 is 0 Å². The normalized spacial score (nSPS) is 10.2. The van der Waals surface area contributed by atoms with Crippen molar-refractivity contribution in [2.75, 3.05) is 13.6 Å². The minimum atomic E-state index is 1.08. The van der Waals surface area contributed by atoms with Crippen molar-refractivity contribution in [3.05, 3.63) is 12.3 Å². The Balaban J connectivity index is 3.23. The first-order chi connectivity index (χ1) is 6.72. The summed E-state index contributed by atoms with van der Waals surface area (Å²) in [5, 5.41) is 0. The molecule has 0 aromatic heterocycles. The van der Waals surface area contributed by atoms with Gasteiger partial charge in [-0.05, 0) is 12.8 Å². The highest BCUT2D eigenvalue weighted by Crippen LogP contribution is 2.08. The predicted octanol–water partition coefficient (Wildman–Crippen LogP) is 4.20. The van der Waals surface area contributed by atoms with Gasteiger partial charge in [-0.1, -0.05) is 52.5 Å². The largest absolute Gasteiger partial charge is 0.378 e. The second-order valence-corrected chi connectivity index (χ2v) is 4.11. The zero-order chi connectivity index (χ0) is 10.8. The molecule has 0 fully saturated rings. The van der Waals surface area contributed by atoms with E-state index in [0.29, 0.717) is 0 Å². The summed E-state index contributed by atoms with van der Waals surface area (Å²) < 4.78 is 0. The van der Waals surface area contributed by atoms with E-state index in [4.69, 9.17) is 0 Å². The van der Waals surface area contributed by atoms with Gasteiger partial charge in [0.15, 0.2) is 0 Å². The molecule has 84 valence electrons. The fourth-order valence-electron chi connectivity index (χ4n) is 1.56. The summed E-state index contributed by atoms with van der Waals surface area (Å²) in [6, 6.07) is 0. The Morgan fingerprint density at radius 2 is 1.57 bits per heavy atom. The van der Waals surface area contributed by atoms with Crippen LogP contribution in [-0.2, 0) is 0 Å². The third-order valence-corrected chi connectivity index (χ3v) is 2.80. The van der Waals surface area contributed by atoms with Crippen LogP contribution in [-0.4, -0.2) is 18.5 Å². The van der Waals surface area contributed by atoms with Crippen LogP contribution in [0.4, 0.5) is 0 Å². The van der Waals surface area contributed by atoms with E-state index in [0.717, 1.165) is 6.42 Å². The van der Waals surface area contributed by atoms with E-state index in [1.54, 1.807) is 0 Å². The van der Waals surface area contributed by atoms with Crippen molar-refractivity contribution in [1.82, 2.24) is 4.90 Å². The van der Waals surface area contributed by atoms with Gasteiger partial charge < -0.3 is 4.90 Å². The third kappa shape index (κ3) is 6.99. The van der Waals surface area contributed by atoms with Crippen LogP contribution in [0, 0.1) is 0 Å². The molecule has 0 amide bonds. The van der Waals surface area contributed by atoms with Crippen LogP contribution in [0.3, 0.4) is 0 Å². The number of nitrogens with zero attached hydrogens (tertiary/aromatic N) is 1. The molecule has 1 heteroatoms. The second kappa shape index (κ2) is 9.11. The maximum absolute atomic E-state index is 4.03. The Bertz CT molecular complexity index is 140. The summed E-state index contributed by atoms with van der Waals surface area (Å²) in [5.41, 5.74) is 1.26. The highest BCUT2D eigenvalue weighted by molar-refractivity contribution is 4.90. The van der Waals surface area contributed by atoms with Gasteiger partial charge in [0.1, 0.15) is 0 Å². The molecular formula is C13H27N. The molecule has 0 aromatic rings. The molecular weight excluding hydrogens is 170 g/mol. The van der Waals surface area contributed by atoms with E-state index in [2.05, 4.69) is 32.4 Å². The Labute approximate surface area is 90.2 Å². The van der Waals surface area contributed by atoms with Gasteiger partial charge in [-0.25, -0.2) is 0 Å². The molecule has 0 spiro atoms. The summed E-state index contributed by atoms with van der Waals surface area (Å²) in [7, 11) is 2.15. The van der Waals surface area contributed by atoms with Gasteiger partial charge in [-0.15, -0.1) is 0 Å². The Kier molecular flexibility index (Phi) is 8.81. The van der Waals surface area contributed by atoms with E-state index in [1.165, 1.54) is 50.8 Å². The molecule has 1 nitrogen and oxygen atoms in total. The SMILES string of the molecule is C=C(CC)N(C)CCCCCCCC.